The monoisotopic (exact) mass is 297 g/mol. The van der Waals surface area contributed by atoms with Gasteiger partial charge in [0.25, 0.3) is 0 Å². The Labute approximate surface area is 123 Å². The van der Waals surface area contributed by atoms with Crippen molar-refractivity contribution in [3.63, 3.8) is 0 Å². The maximum Gasteiger partial charge on any atom is 0.215 e. The highest BCUT2D eigenvalue weighted by molar-refractivity contribution is 7.98. The highest BCUT2D eigenvalue weighted by Gasteiger charge is 2.05. The number of thioether (sulfide) groups is 1. The number of hydrogen-bond donors (Lipinski definition) is 1. The van der Waals surface area contributed by atoms with Gasteiger partial charge < -0.3 is 5.11 Å². The normalized spacial score (nSPS) is 10.0. The molecule has 0 spiro atoms. The van der Waals surface area contributed by atoms with Crippen LogP contribution in [0.25, 0.3) is 0 Å². The Morgan fingerprint density at radius 3 is 2.79 bits per heavy atom. The van der Waals surface area contributed by atoms with Crippen molar-refractivity contribution in [1.29, 1.82) is 0 Å². The van der Waals surface area contributed by atoms with Crippen LogP contribution >= 0.6 is 24.2 Å². The molecule has 4 nitrogen and oxygen atoms in total. The maximum atomic E-state index is 9.42. The Morgan fingerprint density at radius 2 is 2.11 bits per heavy atom. The topological polar surface area (TPSA) is 58.9 Å². The van der Waals surface area contributed by atoms with E-state index in [9.17, 15) is 5.11 Å². The van der Waals surface area contributed by atoms with Gasteiger partial charge in [0.2, 0.25) is 5.88 Å². The third kappa shape index (κ3) is 4.36. The Bertz CT molecular complexity index is 531. The van der Waals surface area contributed by atoms with Crippen molar-refractivity contribution < 1.29 is 5.11 Å². The molecule has 0 atom stereocenters. The van der Waals surface area contributed by atoms with Crippen LogP contribution in [0, 0.1) is 6.92 Å². The average Bonchev–Trinajstić information content (AvgIpc) is 2.35. The summed E-state index contributed by atoms with van der Waals surface area (Å²) in [7, 11) is 0. The lowest BCUT2D eigenvalue weighted by Gasteiger charge is -2.06. The predicted octanol–water partition coefficient (Wildman–Crippen LogP) is 3.16. The minimum atomic E-state index is 0. The van der Waals surface area contributed by atoms with Gasteiger partial charge in [0.15, 0.2) is 5.16 Å². The van der Waals surface area contributed by atoms with Gasteiger partial charge in [-0.15, -0.1) is 12.4 Å². The molecule has 102 valence electrons. The van der Waals surface area contributed by atoms with E-state index in [2.05, 4.69) is 27.9 Å². The highest BCUT2D eigenvalue weighted by Crippen LogP contribution is 2.22. The summed E-state index contributed by atoms with van der Waals surface area (Å²) in [5, 5.41) is 10.0. The molecule has 6 heteroatoms. The van der Waals surface area contributed by atoms with E-state index in [1.807, 2.05) is 19.2 Å². The van der Waals surface area contributed by atoms with E-state index < -0.39 is 0 Å². The number of aryl methyl sites for hydroxylation is 2. The van der Waals surface area contributed by atoms with Gasteiger partial charge in [-0.2, -0.15) is 4.98 Å². The van der Waals surface area contributed by atoms with E-state index in [0.29, 0.717) is 5.16 Å². The molecule has 0 aromatic carbocycles. The molecule has 0 unspecified atom stereocenters. The van der Waals surface area contributed by atoms with Crippen molar-refractivity contribution >= 4 is 24.2 Å². The summed E-state index contributed by atoms with van der Waals surface area (Å²) >= 11 is 1.51. The second-order valence-corrected chi connectivity index (χ2v) is 4.84. The molecule has 0 radical (unpaired) electrons. The molecule has 1 N–H and O–H groups in total. The predicted molar refractivity (Wildman–Crippen MR) is 78.9 cm³/mol. The lowest BCUT2D eigenvalue weighted by Crippen LogP contribution is -1.95. The zero-order chi connectivity index (χ0) is 13.0. The standard InChI is InChI=1S/C13H15N3OS.ClH/c1-3-11-10(5-4-6-14-11)8-18-13-15-9(2)7-12(17)16-13;/h4-7H,3,8H2,1-2H3,(H,15,16,17);1H. The van der Waals surface area contributed by atoms with Crippen molar-refractivity contribution in [3.8, 4) is 5.88 Å². The van der Waals surface area contributed by atoms with Crippen molar-refractivity contribution in [3.05, 3.63) is 41.3 Å². The Morgan fingerprint density at radius 1 is 1.32 bits per heavy atom. The van der Waals surface area contributed by atoms with E-state index >= 15 is 0 Å². The molecule has 0 aliphatic rings. The van der Waals surface area contributed by atoms with Crippen molar-refractivity contribution in [2.75, 3.05) is 0 Å². The lowest BCUT2D eigenvalue weighted by atomic mass is 10.2. The maximum absolute atomic E-state index is 9.42. The molecule has 2 heterocycles. The van der Waals surface area contributed by atoms with Crippen molar-refractivity contribution in [2.24, 2.45) is 0 Å². The van der Waals surface area contributed by atoms with Gasteiger partial charge in [-0.1, -0.05) is 24.8 Å². The minimum Gasteiger partial charge on any atom is -0.493 e. The van der Waals surface area contributed by atoms with Gasteiger partial charge in [0.1, 0.15) is 0 Å². The molecule has 2 rings (SSSR count). The summed E-state index contributed by atoms with van der Waals surface area (Å²) in [6.45, 7) is 3.93. The summed E-state index contributed by atoms with van der Waals surface area (Å²) in [6, 6.07) is 5.55. The fraction of sp³-hybridized carbons (Fsp3) is 0.308. The van der Waals surface area contributed by atoms with Gasteiger partial charge in [-0.05, 0) is 25.0 Å². The number of aromatic hydroxyl groups is 1. The summed E-state index contributed by atoms with van der Waals surface area (Å²) in [4.78, 5) is 12.6. The molecule has 0 aliphatic carbocycles. The van der Waals surface area contributed by atoms with E-state index in [0.717, 1.165) is 23.6 Å². The van der Waals surface area contributed by atoms with Crippen molar-refractivity contribution in [1.82, 2.24) is 15.0 Å². The number of nitrogens with zero attached hydrogens (tertiary/aromatic N) is 3. The van der Waals surface area contributed by atoms with Gasteiger partial charge in [0, 0.05) is 29.4 Å². The van der Waals surface area contributed by atoms with Crippen LogP contribution in [0.15, 0.2) is 29.6 Å². The first-order valence-electron chi connectivity index (χ1n) is 5.79. The largest absolute Gasteiger partial charge is 0.493 e. The van der Waals surface area contributed by atoms with Crippen molar-refractivity contribution in [2.45, 2.75) is 31.2 Å². The molecule has 0 fully saturated rings. The zero-order valence-corrected chi connectivity index (χ0v) is 12.5. The second-order valence-electron chi connectivity index (χ2n) is 3.90. The molecule has 2 aromatic rings. The Balaban J connectivity index is 0.00000180. The molecule has 0 aliphatic heterocycles. The number of aromatic nitrogens is 3. The van der Waals surface area contributed by atoms with E-state index in [-0.39, 0.29) is 18.3 Å². The first-order valence-corrected chi connectivity index (χ1v) is 6.78. The van der Waals surface area contributed by atoms with E-state index in [4.69, 9.17) is 0 Å². The summed E-state index contributed by atoms with van der Waals surface area (Å²) < 4.78 is 0. The lowest BCUT2D eigenvalue weighted by molar-refractivity contribution is 0.444. The Kier molecular flexibility index (Phi) is 6.05. The summed E-state index contributed by atoms with van der Waals surface area (Å²) in [6.07, 6.45) is 2.72. The first kappa shape index (κ1) is 15.7. The fourth-order valence-electron chi connectivity index (χ4n) is 1.65. The number of pyridine rings is 1. The molecule has 0 saturated carbocycles. The molecular formula is C13H16ClN3OS. The smallest absolute Gasteiger partial charge is 0.215 e. The van der Waals surface area contributed by atoms with Crippen LogP contribution in [0.1, 0.15) is 23.9 Å². The van der Waals surface area contributed by atoms with Crippen LogP contribution in [0.4, 0.5) is 0 Å². The van der Waals surface area contributed by atoms with E-state index in [1.165, 1.54) is 17.3 Å². The van der Waals surface area contributed by atoms with Crippen LogP contribution in [0.5, 0.6) is 5.88 Å². The van der Waals surface area contributed by atoms with E-state index in [1.54, 1.807) is 6.07 Å². The molecule has 0 amide bonds. The van der Waals surface area contributed by atoms with Crippen LogP contribution < -0.4 is 0 Å². The first-order chi connectivity index (χ1) is 8.69. The average molecular weight is 298 g/mol. The summed E-state index contributed by atoms with van der Waals surface area (Å²) in [5.41, 5.74) is 3.06. The molecule has 0 bridgehead atoms. The third-order valence-corrected chi connectivity index (χ3v) is 3.39. The minimum absolute atomic E-state index is 0. The number of rotatable bonds is 4. The zero-order valence-electron chi connectivity index (χ0n) is 10.8. The van der Waals surface area contributed by atoms with Gasteiger partial charge >= 0.3 is 0 Å². The molecule has 2 aromatic heterocycles. The summed E-state index contributed by atoms with van der Waals surface area (Å²) in [5.74, 6) is 0.784. The van der Waals surface area contributed by atoms with Crippen LogP contribution in [-0.4, -0.2) is 20.1 Å². The van der Waals surface area contributed by atoms with Crippen LogP contribution in [-0.2, 0) is 12.2 Å². The quantitative estimate of drug-likeness (QED) is 0.694. The van der Waals surface area contributed by atoms with Gasteiger partial charge in [-0.3, -0.25) is 4.98 Å². The van der Waals surface area contributed by atoms with Crippen LogP contribution in [0.2, 0.25) is 0 Å². The van der Waals surface area contributed by atoms with Gasteiger partial charge in [-0.25, -0.2) is 4.98 Å². The second kappa shape index (κ2) is 7.31. The number of hydrogen-bond acceptors (Lipinski definition) is 5. The van der Waals surface area contributed by atoms with Gasteiger partial charge in [0.05, 0.1) is 0 Å². The third-order valence-electron chi connectivity index (χ3n) is 2.50. The molecule has 19 heavy (non-hydrogen) atoms. The molecular weight excluding hydrogens is 282 g/mol. The van der Waals surface area contributed by atoms with Crippen LogP contribution in [0.3, 0.4) is 0 Å². The SMILES string of the molecule is CCc1ncccc1CSc1nc(C)cc(O)n1.Cl. The molecule has 0 saturated heterocycles. The fourth-order valence-corrected chi connectivity index (χ4v) is 2.57. The highest BCUT2D eigenvalue weighted by atomic mass is 35.5. The number of halogens is 1. The Hall–Kier alpha value is -1.33.